The summed E-state index contributed by atoms with van der Waals surface area (Å²) in [6.45, 7) is 36.9. The number of carbonyl (C=O) groups excluding carboxylic acids is 3. The number of hydrogen-bond acceptors (Lipinski definition) is 9. The van der Waals surface area contributed by atoms with Crippen LogP contribution in [0.3, 0.4) is 0 Å². The van der Waals surface area contributed by atoms with E-state index in [-0.39, 0.29) is 5.97 Å². The average Bonchev–Trinajstić information content (AvgIpc) is 4.09. The number of fused-ring (bicyclic) bond motifs is 6. The first-order valence-corrected chi connectivity index (χ1v) is 30.5. The molecule has 5 aliphatic heterocycles. The van der Waals surface area contributed by atoms with Gasteiger partial charge in [0.1, 0.15) is 6.61 Å². The minimum absolute atomic E-state index is 0.227. The monoisotopic (exact) mass is 1140 g/mol. The van der Waals surface area contributed by atoms with E-state index in [0.717, 1.165) is 13.2 Å². The van der Waals surface area contributed by atoms with Crippen LogP contribution in [-0.2, 0) is 67.1 Å². The highest BCUT2D eigenvalue weighted by molar-refractivity contribution is 6.08. The number of cyclic esters (lactones) is 3. The molecule has 3 aliphatic carbocycles. The zero-order valence-electron chi connectivity index (χ0n) is 53.9. The molecule has 0 radical (unpaired) electrons. The number of esters is 3. The largest absolute Gasteiger partial charge is 0.458 e. The number of rotatable bonds is 1. The molecule has 3 fully saturated rings. The van der Waals surface area contributed by atoms with Gasteiger partial charge < -0.3 is 24.0 Å². The predicted octanol–water partition coefficient (Wildman–Crippen LogP) is 17.9. The van der Waals surface area contributed by atoms with Crippen molar-refractivity contribution in [1.29, 1.82) is 0 Å². The topological polar surface area (TPSA) is 134 Å². The molecule has 0 saturated carbocycles. The number of likely N-dealkylation sites (tertiary alicyclic amines) is 1. The SMILES string of the molecule is C1COC1.C=Cc1ccccc1.CC.CC.CC.CC.CC.CC.CC1=CC(=O)OC1=O.CN1CC1.CN1CCC1.CN=[N+]=[N-].O=C1C=CCO1.c1ccc2c(c1)CC2.c1ccc2c3c(ccc2c1)CC3.c1ccc2cc3c(cc2c1)CC3. The predicted molar refractivity (Wildman–Crippen MR) is 356 cm³/mol. The second kappa shape index (κ2) is 51.7. The molecule has 0 aromatic heterocycles. The van der Waals surface area contributed by atoms with Crippen molar-refractivity contribution in [3.05, 3.63) is 207 Å². The lowest BCUT2D eigenvalue weighted by Gasteiger charge is -2.24. The molecule has 0 atom stereocenters. The van der Waals surface area contributed by atoms with Gasteiger partial charge in [-0.05, 0) is 158 Å². The molecule has 454 valence electrons. The Kier molecular flexibility index (Phi) is 48.6. The van der Waals surface area contributed by atoms with E-state index < -0.39 is 11.9 Å². The maximum Gasteiger partial charge on any atom is 0.341 e. The fourth-order valence-corrected chi connectivity index (χ4v) is 7.09. The van der Waals surface area contributed by atoms with E-state index in [0.29, 0.717) is 12.2 Å². The van der Waals surface area contributed by atoms with Crippen molar-refractivity contribution in [3.8, 4) is 0 Å². The van der Waals surface area contributed by atoms with Crippen molar-refractivity contribution in [3.63, 3.8) is 0 Å². The number of nitrogens with zero attached hydrogens (tertiary/aromatic N) is 5. The van der Waals surface area contributed by atoms with Crippen LogP contribution in [0.5, 0.6) is 0 Å². The molecule has 6 aromatic carbocycles. The van der Waals surface area contributed by atoms with Crippen molar-refractivity contribution >= 4 is 45.5 Å². The molecule has 0 unspecified atom stereocenters. The van der Waals surface area contributed by atoms with E-state index in [4.69, 9.17) is 10.3 Å². The Labute approximate surface area is 502 Å². The van der Waals surface area contributed by atoms with Gasteiger partial charge in [-0.2, -0.15) is 0 Å². The van der Waals surface area contributed by atoms with Crippen LogP contribution in [0.25, 0.3) is 38.1 Å². The first-order valence-electron chi connectivity index (χ1n) is 30.5. The molecule has 83 heavy (non-hydrogen) atoms. The normalized spacial score (nSPS) is 14.0. The Balaban J connectivity index is 0. The molecule has 0 amide bonds. The minimum Gasteiger partial charge on any atom is -0.458 e. The van der Waals surface area contributed by atoms with Crippen LogP contribution in [0.2, 0.25) is 0 Å². The summed E-state index contributed by atoms with van der Waals surface area (Å²) in [5.74, 6) is -1.32. The van der Waals surface area contributed by atoms with Crippen LogP contribution in [0.4, 0.5) is 0 Å². The number of benzene rings is 6. The van der Waals surface area contributed by atoms with Crippen molar-refractivity contribution < 1.29 is 28.6 Å². The standard InChI is InChI=1S/2C12H10.2C8H8.C5H4O3.C4H9N.C4H4O2.C3H7N.C3H6O.6C2H6.CH3N3/c1-2-4-10-8-12-6-5-11(12)7-9(10)3-1;1-2-4-11-9(3-1)5-6-10-7-8-12(10)11;1-2-4-8-6-5-7(8)3-1;1-2-8-6-4-3-5-7-8;1-3-2-4(6)8-5(3)7;1-5-3-2-4-5;5-4-2-1-3-6-4;1-4-2-3-4;1-2-4-3-1;6*1-2;1-3-4-2/h1-4,7-8H,5-6H2;1-6H,7-8H2;1-4H,5-6H2;2-7H,1H2;2H,1H3;2-4H2,1H3;1-2H,3H2;2-3H2,1H3;1-3H2;6*1-2H3;1H3. The van der Waals surface area contributed by atoms with E-state index in [1.54, 1.807) is 39.5 Å². The van der Waals surface area contributed by atoms with E-state index in [1.165, 1.54) is 131 Å². The van der Waals surface area contributed by atoms with E-state index >= 15 is 0 Å². The Hall–Kier alpha value is -7.14. The van der Waals surface area contributed by atoms with Gasteiger partial charge in [0.05, 0.1) is 0 Å². The molecule has 8 aliphatic rings. The van der Waals surface area contributed by atoms with Gasteiger partial charge in [0.25, 0.3) is 0 Å². The quantitative estimate of drug-likeness (QED) is 0.0397. The van der Waals surface area contributed by atoms with Crippen LogP contribution in [0.1, 0.15) is 142 Å². The molecule has 0 spiro atoms. The van der Waals surface area contributed by atoms with Crippen molar-refractivity contribution in [1.82, 2.24) is 9.80 Å². The van der Waals surface area contributed by atoms with Crippen LogP contribution < -0.4 is 0 Å². The maximum absolute atomic E-state index is 10.3. The molecule has 0 bridgehead atoms. The summed E-state index contributed by atoms with van der Waals surface area (Å²) >= 11 is 0. The number of aryl methyl sites for hydroxylation is 6. The van der Waals surface area contributed by atoms with E-state index in [2.05, 4.69) is 147 Å². The minimum atomic E-state index is -0.562. The van der Waals surface area contributed by atoms with Gasteiger partial charge in [0, 0.05) is 56.0 Å². The van der Waals surface area contributed by atoms with E-state index in [1.807, 2.05) is 119 Å². The first-order chi connectivity index (χ1) is 40.6. The third-order valence-electron chi connectivity index (χ3n) is 12.2. The van der Waals surface area contributed by atoms with Gasteiger partial charge in [0.15, 0.2) is 0 Å². The zero-order valence-corrected chi connectivity index (χ0v) is 53.9. The van der Waals surface area contributed by atoms with Crippen molar-refractivity contribution in [2.45, 2.75) is 141 Å². The third-order valence-corrected chi connectivity index (χ3v) is 12.2. The molecule has 14 rings (SSSR count). The second-order valence-corrected chi connectivity index (χ2v) is 17.6. The molecular formula is C72H105N5O6. The Morgan fingerprint density at radius 2 is 0.952 bits per heavy atom. The zero-order chi connectivity index (χ0) is 62.6. The summed E-state index contributed by atoms with van der Waals surface area (Å²) in [4.78, 5) is 37.3. The summed E-state index contributed by atoms with van der Waals surface area (Å²) in [7, 11) is 5.64. The molecule has 11 nitrogen and oxygen atoms in total. The molecule has 11 heteroatoms. The van der Waals surface area contributed by atoms with Gasteiger partial charge in [-0.3, -0.25) is 0 Å². The summed E-state index contributed by atoms with van der Waals surface area (Å²) in [6, 6.07) is 45.0. The van der Waals surface area contributed by atoms with Gasteiger partial charge in [-0.15, -0.1) is 0 Å². The molecule has 3 saturated heterocycles. The number of carbonyl (C=O) groups is 3. The molecule has 0 N–H and O–H groups in total. The molecular weight excluding hydrogens is 1030 g/mol. The number of likely N-dealkylation sites (N-methyl/N-ethyl adjacent to an activating group) is 1. The maximum atomic E-state index is 10.3. The Morgan fingerprint density at radius 3 is 1.20 bits per heavy atom. The van der Waals surface area contributed by atoms with Gasteiger partial charge >= 0.3 is 17.9 Å². The lowest BCUT2D eigenvalue weighted by atomic mass is 9.84. The van der Waals surface area contributed by atoms with Crippen LogP contribution >= 0.6 is 0 Å². The summed E-state index contributed by atoms with van der Waals surface area (Å²) in [6.07, 6.45) is 16.5. The summed E-state index contributed by atoms with van der Waals surface area (Å²) in [5.41, 5.74) is 18.2. The smallest absolute Gasteiger partial charge is 0.341 e. The van der Waals surface area contributed by atoms with Crippen LogP contribution in [0, 0.1) is 0 Å². The Bertz CT molecular complexity index is 2690. The second-order valence-electron chi connectivity index (χ2n) is 17.6. The number of ether oxygens (including phenoxy) is 3. The summed E-state index contributed by atoms with van der Waals surface area (Å²) in [5, 5.41) is 8.53. The number of azide groups is 1. The fraction of sp³-hybridized carbons (Fsp3) is 0.431. The van der Waals surface area contributed by atoms with Gasteiger partial charge in [-0.1, -0.05) is 228 Å². The highest BCUT2D eigenvalue weighted by Crippen LogP contribution is 2.31. The highest BCUT2D eigenvalue weighted by atomic mass is 16.6. The van der Waals surface area contributed by atoms with Crippen LogP contribution in [-0.4, -0.2) is 94.9 Å². The number of hydrogen-bond donors (Lipinski definition) is 0. The third kappa shape index (κ3) is 33.5. The van der Waals surface area contributed by atoms with Gasteiger partial charge in [0.2, 0.25) is 0 Å². The average molecular weight is 1140 g/mol. The lowest BCUT2D eigenvalue weighted by Crippen LogP contribution is -2.32. The fourth-order valence-electron chi connectivity index (χ4n) is 7.09. The van der Waals surface area contributed by atoms with Gasteiger partial charge in [-0.25, -0.2) is 14.4 Å². The van der Waals surface area contributed by atoms with Crippen LogP contribution in [0.15, 0.2) is 163 Å². The molecule has 5 heterocycles. The Morgan fingerprint density at radius 1 is 0.542 bits per heavy atom. The van der Waals surface area contributed by atoms with Crippen molar-refractivity contribution in [2.24, 2.45) is 5.11 Å². The van der Waals surface area contributed by atoms with Crippen molar-refractivity contribution in [2.75, 3.05) is 67.1 Å². The molecule has 6 aromatic rings. The summed E-state index contributed by atoms with van der Waals surface area (Å²) < 4.78 is 13.2. The highest BCUT2D eigenvalue weighted by Gasteiger charge is 2.19. The lowest BCUT2D eigenvalue weighted by molar-refractivity contribution is -0.150. The van der Waals surface area contributed by atoms with E-state index in [9.17, 15) is 14.4 Å². The first kappa shape index (κ1) is 77.9.